The van der Waals surface area contributed by atoms with E-state index in [0.29, 0.717) is 23.7 Å². The van der Waals surface area contributed by atoms with Crippen LogP contribution in [0.2, 0.25) is 0 Å². The smallest absolute Gasteiger partial charge is 0.269 e. The highest BCUT2D eigenvalue weighted by Gasteiger charge is 2.18. The molecule has 0 saturated heterocycles. The van der Waals surface area contributed by atoms with Crippen LogP contribution in [0, 0.1) is 5.92 Å². The lowest BCUT2D eigenvalue weighted by molar-refractivity contribution is 0.0937. The van der Waals surface area contributed by atoms with Crippen molar-refractivity contribution in [3.05, 3.63) is 29.6 Å². The maximum absolute atomic E-state index is 12.2. The highest BCUT2D eigenvalue weighted by atomic mass is 16.2. The first-order valence-corrected chi connectivity index (χ1v) is 8.11. The average molecular weight is 303 g/mol. The van der Waals surface area contributed by atoms with Gasteiger partial charge in [0.25, 0.3) is 11.8 Å². The number of carbonyl (C=O) groups is 2. The van der Waals surface area contributed by atoms with Crippen LogP contribution in [-0.4, -0.2) is 29.4 Å². The minimum Gasteiger partial charge on any atom is -0.351 e. The fourth-order valence-corrected chi connectivity index (χ4v) is 2.60. The summed E-state index contributed by atoms with van der Waals surface area (Å²) >= 11 is 0. The van der Waals surface area contributed by atoms with Gasteiger partial charge in [0, 0.05) is 24.3 Å². The summed E-state index contributed by atoms with van der Waals surface area (Å²) in [6, 6.07) is 3.48. The summed E-state index contributed by atoms with van der Waals surface area (Å²) in [5.74, 6) is 0.193. The molecule has 0 aromatic carbocycles. The van der Waals surface area contributed by atoms with Crippen molar-refractivity contribution in [2.75, 3.05) is 6.54 Å². The molecule has 0 atom stereocenters. The Balaban J connectivity index is 1.93. The molecule has 0 spiro atoms. The van der Waals surface area contributed by atoms with Crippen LogP contribution in [0.15, 0.2) is 18.3 Å². The molecule has 22 heavy (non-hydrogen) atoms. The van der Waals surface area contributed by atoms with E-state index in [0.717, 1.165) is 19.3 Å². The van der Waals surface area contributed by atoms with E-state index >= 15 is 0 Å². The van der Waals surface area contributed by atoms with E-state index in [2.05, 4.69) is 29.5 Å². The highest BCUT2D eigenvalue weighted by molar-refractivity contribution is 5.98. The maximum Gasteiger partial charge on any atom is 0.269 e. The Hall–Kier alpha value is -1.91. The van der Waals surface area contributed by atoms with Gasteiger partial charge in [-0.15, -0.1) is 0 Å². The lowest BCUT2D eigenvalue weighted by atomic mass is 10.1. The number of carbonyl (C=O) groups excluding carboxylic acids is 2. The fraction of sp³-hybridized carbons (Fsp3) is 0.588. The summed E-state index contributed by atoms with van der Waals surface area (Å²) in [7, 11) is 0. The zero-order valence-corrected chi connectivity index (χ0v) is 13.4. The molecule has 0 radical (unpaired) electrons. The van der Waals surface area contributed by atoms with E-state index < -0.39 is 0 Å². The Morgan fingerprint density at radius 1 is 1.27 bits per heavy atom. The Morgan fingerprint density at radius 3 is 2.68 bits per heavy atom. The number of aromatic nitrogens is 1. The summed E-state index contributed by atoms with van der Waals surface area (Å²) in [5, 5.41) is 5.86. The average Bonchev–Trinajstić information content (AvgIpc) is 3.00. The predicted octanol–water partition coefficient (Wildman–Crippen LogP) is 2.53. The second-order valence-corrected chi connectivity index (χ2v) is 6.32. The van der Waals surface area contributed by atoms with E-state index in [9.17, 15) is 9.59 Å². The number of nitrogens with one attached hydrogen (secondary N) is 2. The largest absolute Gasteiger partial charge is 0.351 e. The van der Waals surface area contributed by atoms with Gasteiger partial charge in [0.15, 0.2) is 0 Å². The molecule has 2 N–H and O–H groups in total. The zero-order valence-electron chi connectivity index (χ0n) is 13.4. The van der Waals surface area contributed by atoms with E-state index in [-0.39, 0.29) is 17.9 Å². The second-order valence-electron chi connectivity index (χ2n) is 6.32. The van der Waals surface area contributed by atoms with Crippen LogP contribution < -0.4 is 10.6 Å². The molecule has 1 fully saturated rings. The Labute approximate surface area is 131 Å². The van der Waals surface area contributed by atoms with Crippen molar-refractivity contribution < 1.29 is 9.59 Å². The molecule has 0 unspecified atom stereocenters. The monoisotopic (exact) mass is 303 g/mol. The highest BCUT2D eigenvalue weighted by Crippen LogP contribution is 2.18. The third kappa shape index (κ3) is 4.83. The summed E-state index contributed by atoms with van der Waals surface area (Å²) < 4.78 is 0. The van der Waals surface area contributed by atoms with Gasteiger partial charge in [-0.2, -0.15) is 0 Å². The number of pyridine rings is 1. The van der Waals surface area contributed by atoms with Crippen molar-refractivity contribution in [3.8, 4) is 0 Å². The molecule has 1 aromatic rings. The van der Waals surface area contributed by atoms with E-state index in [4.69, 9.17) is 0 Å². The van der Waals surface area contributed by atoms with Crippen LogP contribution in [0.3, 0.4) is 0 Å². The van der Waals surface area contributed by atoms with Gasteiger partial charge in [0.05, 0.1) is 0 Å². The molecule has 1 aliphatic carbocycles. The van der Waals surface area contributed by atoms with Gasteiger partial charge in [-0.1, -0.05) is 26.7 Å². The molecule has 5 nitrogen and oxygen atoms in total. The first kappa shape index (κ1) is 16.5. The fourth-order valence-electron chi connectivity index (χ4n) is 2.60. The van der Waals surface area contributed by atoms with Gasteiger partial charge in [0.1, 0.15) is 5.69 Å². The zero-order chi connectivity index (χ0) is 15.9. The SMILES string of the molecule is CC(C)CCNC(=O)c1cc(C(=O)NC2CCCC2)ccn1. The minimum absolute atomic E-state index is 0.120. The van der Waals surface area contributed by atoms with Gasteiger partial charge >= 0.3 is 0 Å². The third-order valence-electron chi connectivity index (χ3n) is 3.95. The van der Waals surface area contributed by atoms with Crippen LogP contribution >= 0.6 is 0 Å². The number of rotatable bonds is 6. The molecular weight excluding hydrogens is 278 g/mol. The number of hydrogen-bond acceptors (Lipinski definition) is 3. The standard InChI is InChI=1S/C17H25N3O2/c1-12(2)7-9-19-17(22)15-11-13(8-10-18-15)16(21)20-14-5-3-4-6-14/h8,10-12,14H,3-7,9H2,1-2H3,(H,19,22)(H,20,21). The summed E-state index contributed by atoms with van der Waals surface area (Å²) in [4.78, 5) is 28.3. The van der Waals surface area contributed by atoms with Gasteiger partial charge in [-0.25, -0.2) is 0 Å². The summed E-state index contributed by atoms with van der Waals surface area (Å²) in [6.45, 7) is 4.84. The van der Waals surface area contributed by atoms with Crippen molar-refractivity contribution in [2.24, 2.45) is 5.92 Å². The third-order valence-corrected chi connectivity index (χ3v) is 3.95. The van der Waals surface area contributed by atoms with Crippen molar-refractivity contribution in [1.82, 2.24) is 15.6 Å². The van der Waals surface area contributed by atoms with E-state index in [1.807, 2.05) is 0 Å². The molecule has 2 amide bonds. The molecular formula is C17H25N3O2. The van der Waals surface area contributed by atoms with Crippen molar-refractivity contribution >= 4 is 11.8 Å². The Kier molecular flexibility index (Phi) is 5.92. The molecule has 1 saturated carbocycles. The number of amides is 2. The van der Waals surface area contributed by atoms with E-state index in [1.165, 1.54) is 19.0 Å². The molecule has 1 aliphatic rings. The summed E-state index contributed by atoms with van der Waals surface area (Å²) in [5.41, 5.74) is 0.790. The molecule has 1 heterocycles. The van der Waals surface area contributed by atoms with Crippen LogP contribution in [0.1, 0.15) is 66.8 Å². The lowest BCUT2D eigenvalue weighted by Gasteiger charge is -2.12. The normalized spacial score (nSPS) is 15.0. The van der Waals surface area contributed by atoms with Crippen molar-refractivity contribution in [1.29, 1.82) is 0 Å². The van der Waals surface area contributed by atoms with Crippen LogP contribution in [0.25, 0.3) is 0 Å². The number of hydrogen-bond donors (Lipinski definition) is 2. The minimum atomic E-state index is -0.226. The Bertz CT molecular complexity index is 522. The molecule has 120 valence electrons. The van der Waals surface area contributed by atoms with Gasteiger partial charge < -0.3 is 10.6 Å². The summed E-state index contributed by atoms with van der Waals surface area (Å²) in [6.07, 6.45) is 6.86. The Morgan fingerprint density at radius 2 is 2.00 bits per heavy atom. The van der Waals surface area contributed by atoms with Gasteiger partial charge in [0.2, 0.25) is 0 Å². The molecule has 1 aromatic heterocycles. The molecule has 0 aliphatic heterocycles. The second kappa shape index (κ2) is 7.92. The first-order chi connectivity index (χ1) is 10.6. The van der Waals surface area contributed by atoms with Crippen molar-refractivity contribution in [3.63, 3.8) is 0 Å². The van der Waals surface area contributed by atoms with Crippen LogP contribution in [0.5, 0.6) is 0 Å². The number of nitrogens with zero attached hydrogens (tertiary/aromatic N) is 1. The van der Waals surface area contributed by atoms with Crippen molar-refractivity contribution in [2.45, 2.75) is 52.0 Å². The molecule has 2 rings (SSSR count). The van der Waals surface area contributed by atoms with Gasteiger partial charge in [-0.3, -0.25) is 14.6 Å². The molecule has 5 heteroatoms. The first-order valence-electron chi connectivity index (χ1n) is 8.11. The quantitative estimate of drug-likeness (QED) is 0.848. The maximum atomic E-state index is 12.2. The molecule has 0 bridgehead atoms. The van der Waals surface area contributed by atoms with E-state index in [1.54, 1.807) is 12.1 Å². The predicted molar refractivity (Wildman–Crippen MR) is 85.7 cm³/mol. The van der Waals surface area contributed by atoms with Gasteiger partial charge in [-0.05, 0) is 37.3 Å². The topological polar surface area (TPSA) is 71.1 Å². The lowest BCUT2D eigenvalue weighted by Crippen LogP contribution is -2.33. The van der Waals surface area contributed by atoms with Crippen LogP contribution in [0.4, 0.5) is 0 Å². The van der Waals surface area contributed by atoms with Crippen LogP contribution in [-0.2, 0) is 0 Å².